The van der Waals surface area contributed by atoms with Crippen LogP contribution in [-0.2, 0) is 19.4 Å². The first-order valence-electron chi connectivity index (χ1n) is 7.04. The van der Waals surface area contributed by atoms with Gasteiger partial charge in [-0.3, -0.25) is 5.41 Å². The molecule has 0 amide bonds. The van der Waals surface area contributed by atoms with E-state index in [0.29, 0.717) is 6.54 Å². The molecule has 0 saturated heterocycles. The number of nitrogen functional groups attached to an aromatic ring is 1. The average Bonchev–Trinajstić information content (AvgIpc) is 3.05. The van der Waals surface area contributed by atoms with Gasteiger partial charge in [0.05, 0.1) is 22.8 Å². The van der Waals surface area contributed by atoms with Gasteiger partial charge < -0.3 is 10.6 Å². The Hall–Kier alpha value is -1.95. The van der Waals surface area contributed by atoms with E-state index in [9.17, 15) is 0 Å². The molecule has 3 N–H and O–H groups in total. The number of amidine groups is 1. The first kappa shape index (κ1) is 14.0. The highest BCUT2D eigenvalue weighted by Crippen LogP contribution is 2.27. The summed E-state index contributed by atoms with van der Waals surface area (Å²) >= 11 is 1.65. The summed E-state index contributed by atoms with van der Waals surface area (Å²) in [4.78, 5) is 11.3. The van der Waals surface area contributed by atoms with Gasteiger partial charge in [-0.15, -0.1) is 11.3 Å². The molecule has 2 aromatic rings. The fraction of sp³-hybridized carbons (Fsp3) is 0.400. The Bertz CT molecular complexity index is 691. The summed E-state index contributed by atoms with van der Waals surface area (Å²) in [5, 5.41) is 10.9. The van der Waals surface area contributed by atoms with E-state index in [0.717, 1.165) is 47.0 Å². The van der Waals surface area contributed by atoms with Crippen LogP contribution in [-0.4, -0.2) is 22.9 Å². The predicted octanol–water partition coefficient (Wildman–Crippen LogP) is 2.26. The number of rotatable bonds is 4. The van der Waals surface area contributed by atoms with E-state index in [2.05, 4.69) is 10.4 Å². The van der Waals surface area contributed by atoms with Crippen LogP contribution in [0.4, 0.5) is 5.82 Å². The van der Waals surface area contributed by atoms with Crippen LogP contribution in [0.5, 0.6) is 0 Å². The lowest BCUT2D eigenvalue weighted by Gasteiger charge is -2.21. The number of anilines is 1. The largest absolute Gasteiger partial charge is 0.384 e. The minimum atomic E-state index is 0.0773. The summed E-state index contributed by atoms with van der Waals surface area (Å²) in [6.07, 6.45) is 3.19. The second kappa shape index (κ2) is 5.44. The van der Waals surface area contributed by atoms with E-state index in [1.54, 1.807) is 11.3 Å². The highest BCUT2D eigenvalue weighted by Gasteiger charge is 2.20. The third-order valence-electron chi connectivity index (χ3n) is 3.75. The maximum absolute atomic E-state index is 7.81. The molecule has 1 aliphatic carbocycles. The summed E-state index contributed by atoms with van der Waals surface area (Å²) in [7, 11) is 1.98. The first-order valence-corrected chi connectivity index (χ1v) is 7.92. The summed E-state index contributed by atoms with van der Waals surface area (Å²) < 4.78 is 0. The molecule has 1 aliphatic rings. The zero-order valence-electron chi connectivity index (χ0n) is 12.3. The fourth-order valence-corrected chi connectivity index (χ4v) is 3.35. The molecule has 6 heteroatoms. The number of nitrogens with zero attached hydrogens (tertiary/aromatic N) is 3. The molecular weight excluding hydrogens is 282 g/mol. The van der Waals surface area contributed by atoms with Crippen LogP contribution in [0.15, 0.2) is 11.4 Å². The summed E-state index contributed by atoms with van der Waals surface area (Å²) in [6.45, 7) is 2.68. The zero-order valence-corrected chi connectivity index (χ0v) is 13.1. The van der Waals surface area contributed by atoms with Crippen molar-refractivity contribution in [1.82, 2.24) is 9.97 Å². The molecule has 0 atom stereocenters. The molecule has 3 rings (SSSR count). The van der Waals surface area contributed by atoms with E-state index in [4.69, 9.17) is 16.1 Å². The van der Waals surface area contributed by atoms with Gasteiger partial charge >= 0.3 is 0 Å². The lowest BCUT2D eigenvalue weighted by atomic mass is 10.1. The normalized spacial score (nSPS) is 13.2. The standard InChI is InChI=1S/C15H19N5S/c1-9-18-11(8-21-9)7-20(2)15-12(14(16)17)6-10-4-3-5-13(10)19-15/h6,8H,3-5,7H2,1-2H3,(H3,16,17). The fourth-order valence-electron chi connectivity index (χ4n) is 2.75. The Morgan fingerprint density at radius 3 is 2.90 bits per heavy atom. The van der Waals surface area contributed by atoms with Gasteiger partial charge in [-0.05, 0) is 37.8 Å². The number of hydrogen-bond donors (Lipinski definition) is 2. The van der Waals surface area contributed by atoms with Crippen molar-refractivity contribution in [3.63, 3.8) is 0 Å². The Balaban J connectivity index is 1.94. The van der Waals surface area contributed by atoms with Crippen LogP contribution in [0.25, 0.3) is 0 Å². The Morgan fingerprint density at radius 1 is 1.43 bits per heavy atom. The number of aryl methyl sites for hydroxylation is 3. The van der Waals surface area contributed by atoms with Gasteiger partial charge in [-0.2, -0.15) is 0 Å². The monoisotopic (exact) mass is 301 g/mol. The minimum Gasteiger partial charge on any atom is -0.384 e. The van der Waals surface area contributed by atoms with Gasteiger partial charge in [0.15, 0.2) is 0 Å². The summed E-state index contributed by atoms with van der Waals surface area (Å²) in [6, 6.07) is 2.04. The zero-order chi connectivity index (χ0) is 15.0. The van der Waals surface area contributed by atoms with Gasteiger partial charge in [-0.25, -0.2) is 9.97 Å². The number of pyridine rings is 1. The third-order valence-corrected chi connectivity index (χ3v) is 4.57. The number of fused-ring (bicyclic) bond motifs is 1. The molecule has 0 aliphatic heterocycles. The van der Waals surface area contributed by atoms with Crippen LogP contribution >= 0.6 is 11.3 Å². The molecule has 0 unspecified atom stereocenters. The lowest BCUT2D eigenvalue weighted by molar-refractivity contribution is 0.855. The van der Waals surface area contributed by atoms with Gasteiger partial charge in [0, 0.05) is 18.1 Å². The van der Waals surface area contributed by atoms with Crippen molar-refractivity contribution in [2.24, 2.45) is 5.73 Å². The second-order valence-corrected chi connectivity index (χ2v) is 6.51. The van der Waals surface area contributed by atoms with Crippen LogP contribution in [0.1, 0.15) is 33.9 Å². The van der Waals surface area contributed by atoms with E-state index in [1.807, 2.05) is 24.9 Å². The summed E-state index contributed by atoms with van der Waals surface area (Å²) in [5.41, 5.74) is 9.89. The molecular formula is C15H19N5S. The lowest BCUT2D eigenvalue weighted by Crippen LogP contribution is -2.24. The Labute approximate surface area is 128 Å². The van der Waals surface area contributed by atoms with Crippen molar-refractivity contribution in [2.45, 2.75) is 32.7 Å². The maximum Gasteiger partial charge on any atom is 0.139 e. The molecule has 21 heavy (non-hydrogen) atoms. The van der Waals surface area contributed by atoms with Crippen molar-refractivity contribution in [1.29, 1.82) is 5.41 Å². The summed E-state index contributed by atoms with van der Waals surface area (Å²) in [5.74, 6) is 0.863. The van der Waals surface area contributed by atoms with E-state index in [1.165, 1.54) is 5.56 Å². The number of nitrogens with one attached hydrogen (secondary N) is 1. The van der Waals surface area contributed by atoms with Crippen LogP contribution in [0.3, 0.4) is 0 Å². The van der Waals surface area contributed by atoms with Crippen LogP contribution in [0, 0.1) is 12.3 Å². The maximum atomic E-state index is 7.81. The molecule has 0 spiro atoms. The number of aromatic nitrogens is 2. The first-order chi connectivity index (χ1) is 10.0. The highest BCUT2D eigenvalue weighted by molar-refractivity contribution is 7.09. The number of thiazole rings is 1. The molecule has 0 radical (unpaired) electrons. The second-order valence-electron chi connectivity index (χ2n) is 5.45. The van der Waals surface area contributed by atoms with E-state index in [-0.39, 0.29) is 5.84 Å². The molecule has 2 aromatic heterocycles. The molecule has 2 heterocycles. The minimum absolute atomic E-state index is 0.0773. The molecule has 0 fully saturated rings. The number of nitrogens with two attached hydrogens (primary N) is 1. The Kier molecular flexibility index (Phi) is 3.63. The van der Waals surface area contributed by atoms with Gasteiger partial charge in [0.1, 0.15) is 11.7 Å². The van der Waals surface area contributed by atoms with E-state index >= 15 is 0 Å². The molecule has 0 saturated carbocycles. The Morgan fingerprint density at radius 2 is 2.24 bits per heavy atom. The van der Waals surface area contributed by atoms with Crippen molar-refractivity contribution in [3.05, 3.63) is 39.0 Å². The van der Waals surface area contributed by atoms with Crippen molar-refractivity contribution in [2.75, 3.05) is 11.9 Å². The smallest absolute Gasteiger partial charge is 0.139 e. The van der Waals surface area contributed by atoms with Crippen LogP contribution < -0.4 is 10.6 Å². The third kappa shape index (κ3) is 2.76. The molecule has 0 aromatic carbocycles. The van der Waals surface area contributed by atoms with Gasteiger partial charge in [0.2, 0.25) is 0 Å². The number of hydrogen-bond acceptors (Lipinski definition) is 5. The van der Waals surface area contributed by atoms with Crippen molar-refractivity contribution in [3.8, 4) is 0 Å². The van der Waals surface area contributed by atoms with Gasteiger partial charge in [0.25, 0.3) is 0 Å². The molecule has 0 bridgehead atoms. The quantitative estimate of drug-likeness (QED) is 0.670. The van der Waals surface area contributed by atoms with Gasteiger partial charge in [-0.1, -0.05) is 0 Å². The topological polar surface area (TPSA) is 78.9 Å². The SMILES string of the molecule is Cc1nc(CN(C)c2nc3c(cc2C(=N)N)CCC3)cs1. The predicted molar refractivity (Wildman–Crippen MR) is 86.2 cm³/mol. The van der Waals surface area contributed by atoms with Crippen LogP contribution in [0.2, 0.25) is 0 Å². The molecule has 5 nitrogen and oxygen atoms in total. The van der Waals surface area contributed by atoms with E-state index < -0.39 is 0 Å². The average molecular weight is 301 g/mol. The molecule has 110 valence electrons. The van der Waals surface area contributed by atoms with Crippen molar-refractivity contribution >= 4 is 23.0 Å². The highest BCUT2D eigenvalue weighted by atomic mass is 32.1. The van der Waals surface area contributed by atoms with Crippen molar-refractivity contribution < 1.29 is 0 Å².